The molecule has 0 bridgehead atoms. The smallest absolute Gasteiger partial charge is 0.301 e. The van der Waals surface area contributed by atoms with Crippen molar-refractivity contribution in [1.82, 2.24) is 4.98 Å². The third-order valence-corrected chi connectivity index (χ3v) is 1.30. The van der Waals surface area contributed by atoms with Crippen LogP contribution in [-0.2, 0) is 5.92 Å². The molecule has 0 saturated carbocycles. The van der Waals surface area contributed by atoms with E-state index in [0.717, 1.165) is 5.75 Å². The van der Waals surface area contributed by atoms with Gasteiger partial charge in [0.2, 0.25) is 0 Å². The van der Waals surface area contributed by atoms with Crippen LogP contribution in [0, 0.1) is 0 Å². The second-order valence-corrected chi connectivity index (χ2v) is 3.07. The van der Waals surface area contributed by atoms with E-state index in [9.17, 15) is 8.78 Å². The van der Waals surface area contributed by atoms with Gasteiger partial charge >= 0.3 is 5.92 Å². The molecule has 2 N–H and O–H groups in total. The zero-order chi connectivity index (χ0) is 11.0. The summed E-state index contributed by atoms with van der Waals surface area (Å²) in [5, 5.41) is 0. The fourth-order valence-electron chi connectivity index (χ4n) is 0.684. The summed E-state index contributed by atoms with van der Waals surface area (Å²) in [6.07, 6.45) is 1.32. The molecule has 0 atom stereocenters. The third-order valence-electron chi connectivity index (χ3n) is 1.30. The standard InChI is InChI=1S/C7H8F2N2.C2H6S/c8-7(9,5-10)6-3-1-2-4-11-6;1-2-3/h1-4H,5,10H2;3H,2H2,1H3. The Hall–Kier alpha value is -0.680. The first-order valence-corrected chi connectivity index (χ1v) is 4.82. The molecule has 0 unspecified atom stereocenters. The molecule has 14 heavy (non-hydrogen) atoms. The van der Waals surface area contributed by atoms with E-state index in [1.54, 1.807) is 6.07 Å². The van der Waals surface area contributed by atoms with Gasteiger partial charge in [-0.2, -0.15) is 21.4 Å². The molecule has 1 aromatic rings. The van der Waals surface area contributed by atoms with E-state index < -0.39 is 12.5 Å². The first kappa shape index (κ1) is 13.3. The zero-order valence-electron chi connectivity index (χ0n) is 7.95. The molecule has 5 heteroatoms. The third kappa shape index (κ3) is 4.53. The summed E-state index contributed by atoms with van der Waals surface area (Å²) >= 11 is 3.79. The number of rotatable bonds is 2. The van der Waals surface area contributed by atoms with Crippen molar-refractivity contribution >= 4 is 12.6 Å². The van der Waals surface area contributed by atoms with Crippen molar-refractivity contribution in [3.05, 3.63) is 30.1 Å². The Morgan fingerprint density at radius 2 is 2.07 bits per heavy atom. The summed E-state index contributed by atoms with van der Waals surface area (Å²) in [5.41, 5.74) is 4.57. The molecule has 0 aromatic carbocycles. The Balaban J connectivity index is 0.000000500. The highest BCUT2D eigenvalue weighted by molar-refractivity contribution is 7.80. The second-order valence-electron chi connectivity index (χ2n) is 2.44. The van der Waals surface area contributed by atoms with E-state index in [1.165, 1.54) is 18.3 Å². The second kappa shape index (κ2) is 6.73. The SMILES string of the molecule is CCS.NCC(F)(F)c1ccccn1. The maximum Gasteiger partial charge on any atom is 0.301 e. The van der Waals surface area contributed by atoms with Crippen molar-refractivity contribution < 1.29 is 8.78 Å². The monoisotopic (exact) mass is 220 g/mol. The van der Waals surface area contributed by atoms with Gasteiger partial charge in [-0.3, -0.25) is 4.98 Å². The molecule has 0 saturated heterocycles. The van der Waals surface area contributed by atoms with Gasteiger partial charge in [0.25, 0.3) is 0 Å². The van der Waals surface area contributed by atoms with Crippen LogP contribution >= 0.6 is 12.6 Å². The fraction of sp³-hybridized carbons (Fsp3) is 0.444. The lowest BCUT2D eigenvalue weighted by Gasteiger charge is -2.11. The van der Waals surface area contributed by atoms with Gasteiger partial charge in [0.05, 0.1) is 6.54 Å². The highest BCUT2D eigenvalue weighted by atomic mass is 32.1. The normalized spacial score (nSPS) is 10.4. The lowest BCUT2D eigenvalue weighted by molar-refractivity contribution is 0.00139. The molecule has 0 aliphatic carbocycles. The summed E-state index contributed by atoms with van der Waals surface area (Å²) in [7, 11) is 0. The number of aromatic nitrogens is 1. The number of thiol groups is 1. The fourth-order valence-corrected chi connectivity index (χ4v) is 0.684. The van der Waals surface area contributed by atoms with Crippen LogP contribution in [0.3, 0.4) is 0 Å². The van der Waals surface area contributed by atoms with E-state index in [1.807, 2.05) is 6.92 Å². The maximum absolute atomic E-state index is 12.7. The van der Waals surface area contributed by atoms with Crippen molar-refractivity contribution in [3.8, 4) is 0 Å². The largest absolute Gasteiger partial charge is 0.325 e. The van der Waals surface area contributed by atoms with Gasteiger partial charge in [0.1, 0.15) is 5.69 Å². The van der Waals surface area contributed by atoms with Crippen molar-refractivity contribution in [2.45, 2.75) is 12.8 Å². The maximum atomic E-state index is 12.7. The van der Waals surface area contributed by atoms with Crippen molar-refractivity contribution in [1.29, 1.82) is 0 Å². The Bertz CT molecular complexity index is 242. The lowest BCUT2D eigenvalue weighted by atomic mass is 10.2. The predicted molar refractivity (Wildman–Crippen MR) is 56.7 cm³/mol. The van der Waals surface area contributed by atoms with Crippen LogP contribution in [0.5, 0.6) is 0 Å². The van der Waals surface area contributed by atoms with Crippen molar-refractivity contribution in [3.63, 3.8) is 0 Å². The first-order chi connectivity index (χ1) is 6.58. The molecule has 0 amide bonds. The summed E-state index contributed by atoms with van der Waals surface area (Å²) < 4.78 is 25.4. The molecule has 0 aliphatic rings. The number of alkyl halides is 2. The summed E-state index contributed by atoms with van der Waals surface area (Å²) in [6.45, 7) is 1.28. The van der Waals surface area contributed by atoms with E-state index in [2.05, 4.69) is 17.6 Å². The van der Waals surface area contributed by atoms with Crippen LogP contribution in [-0.4, -0.2) is 17.3 Å². The average Bonchev–Trinajstić information content (AvgIpc) is 2.20. The van der Waals surface area contributed by atoms with Gasteiger partial charge in [-0.05, 0) is 17.9 Å². The molecule has 1 heterocycles. The van der Waals surface area contributed by atoms with Crippen LogP contribution < -0.4 is 5.73 Å². The highest BCUT2D eigenvalue weighted by Gasteiger charge is 2.30. The molecular formula is C9H14F2N2S. The molecule has 80 valence electrons. The van der Waals surface area contributed by atoms with Crippen LogP contribution in [0.25, 0.3) is 0 Å². The van der Waals surface area contributed by atoms with Gasteiger partial charge in [0.15, 0.2) is 0 Å². The Morgan fingerprint density at radius 3 is 2.43 bits per heavy atom. The van der Waals surface area contributed by atoms with Gasteiger partial charge in [-0.15, -0.1) is 0 Å². The Kier molecular flexibility index (Phi) is 6.40. The summed E-state index contributed by atoms with van der Waals surface area (Å²) in [5.74, 6) is -2.05. The van der Waals surface area contributed by atoms with Gasteiger partial charge < -0.3 is 5.73 Å². The average molecular weight is 220 g/mol. The minimum Gasteiger partial charge on any atom is -0.325 e. The number of halogens is 2. The molecule has 0 radical (unpaired) electrons. The van der Waals surface area contributed by atoms with E-state index in [0.29, 0.717) is 0 Å². The molecule has 0 fully saturated rings. The van der Waals surface area contributed by atoms with E-state index >= 15 is 0 Å². The number of nitrogens with two attached hydrogens (primary N) is 1. The van der Waals surface area contributed by atoms with Crippen molar-refractivity contribution in [2.75, 3.05) is 12.3 Å². The van der Waals surface area contributed by atoms with Gasteiger partial charge in [-0.25, -0.2) is 0 Å². The molecule has 0 aliphatic heterocycles. The zero-order valence-corrected chi connectivity index (χ0v) is 8.85. The number of nitrogens with zero attached hydrogens (tertiary/aromatic N) is 1. The van der Waals surface area contributed by atoms with E-state index in [4.69, 9.17) is 5.73 Å². The Labute approximate surface area is 87.9 Å². The number of hydrogen-bond acceptors (Lipinski definition) is 3. The van der Waals surface area contributed by atoms with Crippen LogP contribution in [0.15, 0.2) is 24.4 Å². The topological polar surface area (TPSA) is 38.9 Å². The van der Waals surface area contributed by atoms with Crippen LogP contribution in [0.4, 0.5) is 8.78 Å². The van der Waals surface area contributed by atoms with Crippen LogP contribution in [0.1, 0.15) is 12.6 Å². The van der Waals surface area contributed by atoms with Crippen LogP contribution in [0.2, 0.25) is 0 Å². The molecule has 2 nitrogen and oxygen atoms in total. The molecule has 1 rings (SSSR count). The quantitative estimate of drug-likeness (QED) is 0.749. The minimum absolute atomic E-state index is 0.275. The predicted octanol–water partition coefficient (Wildman–Crippen LogP) is 2.07. The molecular weight excluding hydrogens is 206 g/mol. The summed E-state index contributed by atoms with van der Waals surface area (Å²) in [6, 6.07) is 4.34. The molecule has 1 aromatic heterocycles. The van der Waals surface area contributed by atoms with Gasteiger partial charge in [0, 0.05) is 6.20 Å². The lowest BCUT2D eigenvalue weighted by Crippen LogP contribution is -2.25. The van der Waals surface area contributed by atoms with Crippen molar-refractivity contribution in [2.24, 2.45) is 5.73 Å². The minimum atomic E-state index is -3.00. The number of hydrogen-bond donors (Lipinski definition) is 2. The van der Waals surface area contributed by atoms with Gasteiger partial charge in [-0.1, -0.05) is 13.0 Å². The van der Waals surface area contributed by atoms with E-state index in [-0.39, 0.29) is 5.69 Å². The number of pyridine rings is 1. The Morgan fingerprint density at radius 1 is 1.50 bits per heavy atom. The first-order valence-electron chi connectivity index (χ1n) is 4.18. The summed E-state index contributed by atoms with van der Waals surface area (Å²) in [4.78, 5) is 3.49. The highest BCUT2D eigenvalue weighted by Crippen LogP contribution is 2.23. The molecule has 0 spiro atoms.